The summed E-state index contributed by atoms with van der Waals surface area (Å²) in [5.74, 6) is 0. The van der Waals surface area contributed by atoms with Gasteiger partial charge >= 0.3 is 0 Å². The standard InChI is InChI=1S/C11H10N4S/c1-6-5-7(2)13-10-8(12-6)3-4-9-11(10)15-16-14-9/h3-5,12H,1-2H3. The molecule has 1 N–H and O–H groups in total. The van der Waals surface area contributed by atoms with Crippen molar-refractivity contribution < 1.29 is 0 Å². The summed E-state index contributed by atoms with van der Waals surface area (Å²) in [5, 5.41) is 3.32. The number of nitrogens with one attached hydrogen (secondary N) is 1. The number of nitrogens with zero attached hydrogens (tertiary/aromatic N) is 3. The zero-order valence-corrected chi connectivity index (χ0v) is 9.80. The van der Waals surface area contributed by atoms with Crippen LogP contribution in [0, 0.1) is 0 Å². The van der Waals surface area contributed by atoms with Gasteiger partial charge in [0.05, 0.1) is 17.4 Å². The predicted molar refractivity (Wildman–Crippen MR) is 67.6 cm³/mol. The minimum absolute atomic E-state index is 0.873. The van der Waals surface area contributed by atoms with E-state index in [9.17, 15) is 0 Å². The van der Waals surface area contributed by atoms with E-state index in [1.165, 1.54) is 11.7 Å². The maximum atomic E-state index is 4.57. The van der Waals surface area contributed by atoms with Gasteiger partial charge < -0.3 is 5.32 Å². The van der Waals surface area contributed by atoms with Gasteiger partial charge in [0.25, 0.3) is 0 Å². The molecule has 0 radical (unpaired) electrons. The fourth-order valence-electron chi connectivity index (χ4n) is 1.82. The van der Waals surface area contributed by atoms with Gasteiger partial charge in [-0.05, 0) is 32.1 Å². The zero-order valence-electron chi connectivity index (χ0n) is 8.98. The molecule has 4 nitrogen and oxygen atoms in total. The second-order valence-corrected chi connectivity index (χ2v) is 4.33. The maximum absolute atomic E-state index is 4.57. The lowest BCUT2D eigenvalue weighted by Crippen LogP contribution is -1.95. The van der Waals surface area contributed by atoms with E-state index in [2.05, 4.69) is 19.1 Å². The molecule has 0 fully saturated rings. The first kappa shape index (κ1) is 9.47. The summed E-state index contributed by atoms with van der Waals surface area (Å²) in [6.45, 7) is 4.01. The first-order chi connectivity index (χ1) is 7.74. The molecule has 1 aliphatic heterocycles. The molecule has 0 spiro atoms. The third kappa shape index (κ3) is 1.40. The summed E-state index contributed by atoms with van der Waals surface area (Å²) >= 11 is 1.22. The molecule has 1 aromatic carbocycles. The number of aromatic nitrogens is 2. The maximum Gasteiger partial charge on any atom is 0.132 e. The van der Waals surface area contributed by atoms with E-state index in [1.807, 2.05) is 32.1 Å². The molecule has 2 heterocycles. The first-order valence-corrected chi connectivity index (χ1v) is 5.73. The zero-order chi connectivity index (χ0) is 11.1. The van der Waals surface area contributed by atoms with Crippen LogP contribution in [0.3, 0.4) is 0 Å². The van der Waals surface area contributed by atoms with E-state index < -0.39 is 0 Å². The van der Waals surface area contributed by atoms with Crippen LogP contribution in [0.2, 0.25) is 0 Å². The number of benzene rings is 1. The van der Waals surface area contributed by atoms with Crippen molar-refractivity contribution in [1.29, 1.82) is 0 Å². The average molecular weight is 230 g/mol. The highest BCUT2D eigenvalue weighted by Crippen LogP contribution is 2.35. The number of hydrogen-bond donors (Lipinski definition) is 1. The van der Waals surface area contributed by atoms with Gasteiger partial charge in [0.1, 0.15) is 16.7 Å². The summed E-state index contributed by atoms with van der Waals surface area (Å²) in [6, 6.07) is 3.96. The molecule has 0 bridgehead atoms. The van der Waals surface area contributed by atoms with Gasteiger partial charge in [0, 0.05) is 11.4 Å². The third-order valence-electron chi connectivity index (χ3n) is 2.45. The van der Waals surface area contributed by atoms with E-state index >= 15 is 0 Å². The Labute approximate surface area is 97.0 Å². The van der Waals surface area contributed by atoms with Crippen LogP contribution in [-0.4, -0.2) is 14.5 Å². The van der Waals surface area contributed by atoms with E-state index in [-0.39, 0.29) is 0 Å². The average Bonchev–Trinajstić information content (AvgIpc) is 2.64. The van der Waals surface area contributed by atoms with Crippen LogP contribution in [0.25, 0.3) is 11.0 Å². The SMILES string of the molecule is CC1=CC(C)=Nc2c(ccc3nsnc23)N1. The Hall–Kier alpha value is -1.75. The highest BCUT2D eigenvalue weighted by atomic mass is 32.1. The minimum atomic E-state index is 0.873. The Kier molecular flexibility index (Phi) is 2.00. The number of anilines is 1. The van der Waals surface area contributed by atoms with Crippen molar-refractivity contribution in [1.82, 2.24) is 8.75 Å². The number of fused-ring (bicyclic) bond motifs is 3. The molecule has 1 aliphatic rings. The van der Waals surface area contributed by atoms with Crippen molar-refractivity contribution in [2.75, 3.05) is 5.32 Å². The Morgan fingerprint density at radius 3 is 2.94 bits per heavy atom. The van der Waals surface area contributed by atoms with Crippen molar-refractivity contribution in [3.8, 4) is 0 Å². The van der Waals surface area contributed by atoms with Gasteiger partial charge in [-0.2, -0.15) is 8.75 Å². The van der Waals surface area contributed by atoms with E-state index in [1.54, 1.807) is 0 Å². The van der Waals surface area contributed by atoms with Gasteiger partial charge in [-0.3, -0.25) is 0 Å². The molecule has 0 amide bonds. The molecule has 0 saturated heterocycles. The fourth-order valence-corrected chi connectivity index (χ4v) is 2.36. The highest BCUT2D eigenvalue weighted by molar-refractivity contribution is 7.00. The second kappa shape index (κ2) is 3.38. The smallest absolute Gasteiger partial charge is 0.132 e. The lowest BCUT2D eigenvalue weighted by molar-refractivity contribution is 1.39. The molecule has 0 unspecified atom stereocenters. The summed E-state index contributed by atoms with van der Waals surface area (Å²) in [7, 11) is 0. The summed E-state index contributed by atoms with van der Waals surface area (Å²) in [6.07, 6.45) is 2.02. The lowest BCUT2D eigenvalue weighted by atomic mass is 10.2. The molecule has 1 aromatic heterocycles. The van der Waals surface area contributed by atoms with Crippen LogP contribution < -0.4 is 5.32 Å². The van der Waals surface area contributed by atoms with Crippen LogP contribution in [0.15, 0.2) is 28.9 Å². The van der Waals surface area contributed by atoms with Crippen molar-refractivity contribution in [2.45, 2.75) is 13.8 Å². The summed E-state index contributed by atoms with van der Waals surface area (Å²) < 4.78 is 8.51. The lowest BCUT2D eigenvalue weighted by Gasteiger charge is -2.06. The van der Waals surface area contributed by atoms with Crippen molar-refractivity contribution in [3.63, 3.8) is 0 Å². The van der Waals surface area contributed by atoms with Gasteiger partial charge in [0.15, 0.2) is 0 Å². The van der Waals surface area contributed by atoms with E-state index in [4.69, 9.17) is 0 Å². The monoisotopic (exact) mass is 230 g/mol. The Morgan fingerprint density at radius 2 is 2.06 bits per heavy atom. The molecule has 2 aromatic rings. The molecule has 0 saturated carbocycles. The fraction of sp³-hybridized carbons (Fsp3) is 0.182. The molecule has 0 atom stereocenters. The quantitative estimate of drug-likeness (QED) is 0.756. The molecule has 16 heavy (non-hydrogen) atoms. The van der Waals surface area contributed by atoms with Crippen LogP contribution >= 0.6 is 11.7 Å². The van der Waals surface area contributed by atoms with Gasteiger partial charge in [-0.15, -0.1) is 0 Å². The number of aliphatic imine (C=N–C) groups is 1. The Balaban J connectivity index is 2.34. The molecule has 0 aliphatic carbocycles. The number of allylic oxidation sites excluding steroid dienone is 2. The van der Waals surface area contributed by atoms with Crippen molar-refractivity contribution >= 4 is 39.8 Å². The topological polar surface area (TPSA) is 50.2 Å². The van der Waals surface area contributed by atoms with Crippen LogP contribution in [0.5, 0.6) is 0 Å². The Bertz CT molecular complexity index is 624. The molecule has 5 heteroatoms. The van der Waals surface area contributed by atoms with Crippen molar-refractivity contribution in [2.24, 2.45) is 4.99 Å². The largest absolute Gasteiger partial charge is 0.357 e. The minimum Gasteiger partial charge on any atom is -0.357 e. The van der Waals surface area contributed by atoms with Crippen LogP contribution in [0.4, 0.5) is 11.4 Å². The predicted octanol–water partition coefficient (Wildman–Crippen LogP) is 3.11. The second-order valence-electron chi connectivity index (χ2n) is 3.80. The molecular weight excluding hydrogens is 220 g/mol. The number of hydrogen-bond acceptors (Lipinski definition) is 5. The van der Waals surface area contributed by atoms with Crippen LogP contribution in [0.1, 0.15) is 13.8 Å². The Morgan fingerprint density at radius 1 is 1.19 bits per heavy atom. The first-order valence-electron chi connectivity index (χ1n) is 5.00. The molecule has 80 valence electrons. The van der Waals surface area contributed by atoms with Gasteiger partial charge in [0.2, 0.25) is 0 Å². The summed E-state index contributed by atoms with van der Waals surface area (Å²) in [4.78, 5) is 4.57. The third-order valence-corrected chi connectivity index (χ3v) is 2.99. The van der Waals surface area contributed by atoms with E-state index in [0.717, 1.165) is 33.8 Å². The summed E-state index contributed by atoms with van der Waals surface area (Å²) in [5.41, 5.74) is 5.72. The van der Waals surface area contributed by atoms with Gasteiger partial charge in [-0.1, -0.05) is 0 Å². The number of rotatable bonds is 0. The van der Waals surface area contributed by atoms with Crippen molar-refractivity contribution in [3.05, 3.63) is 23.9 Å². The van der Waals surface area contributed by atoms with Crippen LogP contribution in [-0.2, 0) is 0 Å². The van der Waals surface area contributed by atoms with E-state index in [0.29, 0.717) is 0 Å². The molecular formula is C11H10N4S. The van der Waals surface area contributed by atoms with Gasteiger partial charge in [-0.25, -0.2) is 4.99 Å². The highest BCUT2D eigenvalue weighted by Gasteiger charge is 2.12. The normalized spacial score (nSPS) is 14.9. The molecule has 3 rings (SSSR count).